The van der Waals surface area contributed by atoms with Gasteiger partial charge < -0.3 is 10.3 Å². The minimum Gasteiger partial charge on any atom is -0.325 e. The summed E-state index contributed by atoms with van der Waals surface area (Å²) in [7, 11) is 0. The smallest absolute Gasteiger partial charge is 0.121 e. The molecule has 0 spiro atoms. The molecule has 4 aromatic rings. The average molecular weight is 353 g/mol. The fraction of sp³-hybridized carbons (Fsp3) is 0.125. The quantitative estimate of drug-likeness (QED) is 0.537. The lowest BCUT2D eigenvalue weighted by atomic mass is 9.76. The Morgan fingerprint density at radius 1 is 0.741 bits per heavy atom. The summed E-state index contributed by atoms with van der Waals surface area (Å²) in [6, 6.07) is 31.8. The van der Waals surface area contributed by atoms with Gasteiger partial charge >= 0.3 is 0 Å². The fourth-order valence-corrected chi connectivity index (χ4v) is 3.94. The van der Waals surface area contributed by atoms with Gasteiger partial charge in [-0.1, -0.05) is 91.0 Å². The van der Waals surface area contributed by atoms with Crippen molar-refractivity contribution in [3.05, 3.63) is 125 Å². The van der Waals surface area contributed by atoms with Crippen LogP contribution >= 0.6 is 0 Å². The highest BCUT2D eigenvalue weighted by atomic mass is 15.1. The van der Waals surface area contributed by atoms with Crippen LogP contribution in [0.4, 0.5) is 0 Å². The maximum atomic E-state index is 5.95. The van der Waals surface area contributed by atoms with Crippen molar-refractivity contribution in [2.24, 2.45) is 5.73 Å². The Kier molecular flexibility index (Phi) is 4.61. The van der Waals surface area contributed by atoms with E-state index >= 15 is 0 Å². The Morgan fingerprint density at radius 3 is 1.48 bits per heavy atom. The molecular weight excluding hydrogens is 330 g/mol. The fourth-order valence-electron chi connectivity index (χ4n) is 3.94. The van der Waals surface area contributed by atoms with E-state index in [1.165, 1.54) is 16.7 Å². The number of imidazole rings is 1. The number of aromatic nitrogens is 2. The summed E-state index contributed by atoms with van der Waals surface area (Å²) in [5, 5.41) is 0. The van der Waals surface area contributed by atoms with Crippen LogP contribution in [0.1, 0.15) is 28.1 Å². The van der Waals surface area contributed by atoms with Crippen molar-refractivity contribution >= 4 is 0 Å². The highest BCUT2D eigenvalue weighted by Gasteiger charge is 2.39. The molecule has 3 nitrogen and oxygen atoms in total. The Hall–Kier alpha value is -3.17. The topological polar surface area (TPSA) is 43.8 Å². The third-order valence-electron chi connectivity index (χ3n) is 5.24. The first-order chi connectivity index (χ1) is 13.3. The van der Waals surface area contributed by atoms with Gasteiger partial charge in [0.25, 0.3) is 0 Å². The van der Waals surface area contributed by atoms with Crippen LogP contribution in [0, 0.1) is 6.92 Å². The summed E-state index contributed by atoms with van der Waals surface area (Å²) in [6.45, 7) is 2.52. The maximum Gasteiger partial charge on any atom is 0.121 e. The highest BCUT2D eigenvalue weighted by molar-refractivity contribution is 5.51. The molecule has 0 radical (unpaired) electrons. The lowest BCUT2D eigenvalue weighted by molar-refractivity contribution is 0.503. The van der Waals surface area contributed by atoms with E-state index in [-0.39, 0.29) is 0 Å². The number of hydrogen-bond donors (Lipinski definition) is 1. The highest BCUT2D eigenvalue weighted by Crippen LogP contribution is 2.41. The van der Waals surface area contributed by atoms with Gasteiger partial charge in [0.2, 0.25) is 0 Å². The van der Waals surface area contributed by atoms with Crippen molar-refractivity contribution in [1.29, 1.82) is 0 Å². The van der Waals surface area contributed by atoms with E-state index < -0.39 is 5.54 Å². The van der Waals surface area contributed by atoms with Crippen molar-refractivity contribution in [1.82, 2.24) is 9.55 Å². The SMILES string of the molecule is Cc1c(CN)ncn1C(c1ccccc1)(c1ccccc1)c1ccccc1. The normalized spacial score (nSPS) is 11.5. The molecule has 0 aliphatic carbocycles. The first-order valence-electron chi connectivity index (χ1n) is 9.18. The van der Waals surface area contributed by atoms with Crippen LogP contribution in [0.3, 0.4) is 0 Å². The summed E-state index contributed by atoms with van der Waals surface area (Å²) >= 11 is 0. The predicted molar refractivity (Wildman–Crippen MR) is 109 cm³/mol. The molecule has 0 atom stereocenters. The van der Waals surface area contributed by atoms with E-state index in [0.717, 1.165) is 11.4 Å². The summed E-state index contributed by atoms with van der Waals surface area (Å²) in [4.78, 5) is 4.61. The molecule has 1 aromatic heterocycles. The van der Waals surface area contributed by atoms with Gasteiger partial charge in [0.1, 0.15) is 5.54 Å². The molecule has 2 N–H and O–H groups in total. The summed E-state index contributed by atoms with van der Waals surface area (Å²) in [6.07, 6.45) is 1.92. The van der Waals surface area contributed by atoms with Crippen LogP contribution in [0.2, 0.25) is 0 Å². The van der Waals surface area contributed by atoms with Crippen molar-refractivity contribution < 1.29 is 0 Å². The third-order valence-corrected chi connectivity index (χ3v) is 5.24. The predicted octanol–water partition coefficient (Wildman–Crippen LogP) is 4.49. The summed E-state index contributed by atoms with van der Waals surface area (Å²) < 4.78 is 2.26. The van der Waals surface area contributed by atoms with E-state index in [9.17, 15) is 0 Å². The molecule has 3 aromatic carbocycles. The van der Waals surface area contributed by atoms with E-state index in [1.54, 1.807) is 0 Å². The molecule has 0 unspecified atom stereocenters. The standard InChI is InChI=1S/C24H23N3/c1-19-23(17-25)26-18-27(19)24(20-11-5-2-6-12-20,21-13-7-3-8-14-21)22-15-9-4-10-16-22/h2-16,18H,17,25H2,1H3. The van der Waals surface area contributed by atoms with Crippen molar-refractivity contribution in [2.75, 3.05) is 0 Å². The zero-order valence-corrected chi connectivity index (χ0v) is 15.4. The van der Waals surface area contributed by atoms with Crippen LogP contribution in [0.5, 0.6) is 0 Å². The number of nitrogens with two attached hydrogens (primary N) is 1. The first-order valence-corrected chi connectivity index (χ1v) is 9.18. The summed E-state index contributed by atoms with van der Waals surface area (Å²) in [5.74, 6) is 0. The lowest BCUT2D eigenvalue weighted by Crippen LogP contribution is -2.38. The van der Waals surface area contributed by atoms with Crippen LogP contribution < -0.4 is 5.73 Å². The minimum atomic E-state index is -0.520. The molecule has 3 heteroatoms. The van der Waals surface area contributed by atoms with Gasteiger partial charge in [-0.05, 0) is 23.6 Å². The van der Waals surface area contributed by atoms with Crippen molar-refractivity contribution in [3.63, 3.8) is 0 Å². The van der Waals surface area contributed by atoms with Crippen LogP contribution in [0.15, 0.2) is 97.3 Å². The van der Waals surface area contributed by atoms with E-state index in [4.69, 9.17) is 5.73 Å². The first kappa shape index (κ1) is 17.3. The lowest BCUT2D eigenvalue weighted by Gasteiger charge is -2.38. The Balaban J connectivity index is 2.15. The summed E-state index contributed by atoms with van der Waals surface area (Å²) in [5.41, 5.74) is 11.0. The second kappa shape index (κ2) is 7.22. The molecule has 0 aliphatic heterocycles. The van der Waals surface area contributed by atoms with Gasteiger partial charge in [0.15, 0.2) is 0 Å². The molecule has 0 bridgehead atoms. The molecule has 27 heavy (non-hydrogen) atoms. The van der Waals surface area contributed by atoms with Crippen molar-refractivity contribution in [3.8, 4) is 0 Å². The van der Waals surface area contributed by atoms with E-state index in [0.29, 0.717) is 6.54 Å². The van der Waals surface area contributed by atoms with E-state index in [2.05, 4.69) is 107 Å². The molecule has 0 saturated heterocycles. The Morgan fingerprint density at radius 2 is 1.15 bits per heavy atom. The zero-order valence-electron chi connectivity index (χ0n) is 15.4. The molecule has 0 amide bonds. The van der Waals surface area contributed by atoms with Crippen LogP contribution in [-0.4, -0.2) is 9.55 Å². The monoisotopic (exact) mass is 353 g/mol. The number of benzene rings is 3. The average Bonchev–Trinajstić information content (AvgIpc) is 3.12. The second-order valence-corrected chi connectivity index (χ2v) is 6.66. The Bertz CT molecular complexity index is 909. The molecule has 1 heterocycles. The van der Waals surface area contributed by atoms with Crippen LogP contribution in [0.25, 0.3) is 0 Å². The minimum absolute atomic E-state index is 0.424. The molecule has 4 rings (SSSR count). The Labute approximate surface area is 160 Å². The maximum absolute atomic E-state index is 5.95. The van der Waals surface area contributed by atoms with Gasteiger partial charge in [-0.2, -0.15) is 0 Å². The van der Waals surface area contributed by atoms with Gasteiger partial charge in [-0.25, -0.2) is 4.98 Å². The van der Waals surface area contributed by atoms with Gasteiger partial charge in [0.05, 0.1) is 12.0 Å². The van der Waals surface area contributed by atoms with E-state index in [1.807, 2.05) is 6.33 Å². The van der Waals surface area contributed by atoms with Crippen molar-refractivity contribution in [2.45, 2.75) is 19.0 Å². The zero-order chi connectivity index (χ0) is 18.7. The number of nitrogens with zero attached hydrogens (tertiary/aromatic N) is 2. The molecule has 0 saturated carbocycles. The molecule has 0 fully saturated rings. The third kappa shape index (κ3) is 2.77. The molecule has 134 valence electrons. The number of rotatable bonds is 5. The van der Waals surface area contributed by atoms with Crippen LogP contribution in [-0.2, 0) is 12.1 Å². The van der Waals surface area contributed by atoms with Gasteiger partial charge in [-0.3, -0.25) is 0 Å². The molecular formula is C24H23N3. The molecule has 0 aliphatic rings. The van der Waals surface area contributed by atoms with Gasteiger partial charge in [0, 0.05) is 12.2 Å². The van der Waals surface area contributed by atoms with Gasteiger partial charge in [-0.15, -0.1) is 0 Å². The largest absolute Gasteiger partial charge is 0.325 e. The second-order valence-electron chi connectivity index (χ2n) is 6.66. The number of hydrogen-bond acceptors (Lipinski definition) is 2.